The zero-order chi connectivity index (χ0) is 20.7. The Labute approximate surface area is 176 Å². The summed E-state index contributed by atoms with van der Waals surface area (Å²) in [7, 11) is 0. The summed E-state index contributed by atoms with van der Waals surface area (Å²) in [6.07, 6.45) is 1.24. The molecule has 0 bridgehead atoms. The van der Waals surface area contributed by atoms with Crippen molar-refractivity contribution in [3.63, 3.8) is 0 Å². The molecule has 1 aliphatic rings. The predicted octanol–water partition coefficient (Wildman–Crippen LogP) is 5.68. The first kappa shape index (κ1) is 18.8. The molecule has 2 atom stereocenters. The molecule has 4 nitrogen and oxygen atoms in total. The number of benzene rings is 2. The highest BCUT2D eigenvalue weighted by atomic mass is 19.1. The molecule has 1 aliphatic heterocycles. The van der Waals surface area contributed by atoms with Gasteiger partial charge < -0.3 is 4.90 Å². The monoisotopic (exact) mass is 400 g/mol. The molecule has 2 aromatic heterocycles. The van der Waals surface area contributed by atoms with E-state index in [9.17, 15) is 4.39 Å². The van der Waals surface area contributed by atoms with E-state index in [0.29, 0.717) is 11.8 Å². The van der Waals surface area contributed by atoms with E-state index < -0.39 is 0 Å². The lowest BCUT2D eigenvalue weighted by Gasteiger charge is -2.36. The highest BCUT2D eigenvalue weighted by molar-refractivity contribution is 5.71. The van der Waals surface area contributed by atoms with Crippen LogP contribution in [0.5, 0.6) is 0 Å². The van der Waals surface area contributed by atoms with Crippen molar-refractivity contribution in [3.05, 3.63) is 72.5 Å². The Morgan fingerprint density at radius 1 is 0.833 bits per heavy atom. The van der Waals surface area contributed by atoms with Crippen LogP contribution in [-0.2, 0) is 0 Å². The van der Waals surface area contributed by atoms with E-state index in [4.69, 9.17) is 10.1 Å². The van der Waals surface area contributed by atoms with Gasteiger partial charge in [-0.15, -0.1) is 0 Å². The van der Waals surface area contributed by atoms with Gasteiger partial charge in [-0.25, -0.2) is 9.37 Å². The zero-order valence-corrected chi connectivity index (χ0v) is 17.3. The normalized spacial score (nSPS) is 19.4. The van der Waals surface area contributed by atoms with Crippen molar-refractivity contribution in [2.75, 3.05) is 18.0 Å². The van der Waals surface area contributed by atoms with Crippen molar-refractivity contribution < 1.29 is 4.39 Å². The number of aromatic nitrogens is 3. The molecule has 0 aliphatic carbocycles. The van der Waals surface area contributed by atoms with Crippen molar-refractivity contribution in [2.45, 2.75) is 20.3 Å². The van der Waals surface area contributed by atoms with E-state index in [-0.39, 0.29) is 5.82 Å². The third-order valence-corrected chi connectivity index (χ3v) is 5.79. The fourth-order valence-electron chi connectivity index (χ4n) is 4.58. The van der Waals surface area contributed by atoms with Crippen LogP contribution in [-0.4, -0.2) is 27.7 Å². The molecule has 2 aromatic carbocycles. The maximum absolute atomic E-state index is 13.8. The van der Waals surface area contributed by atoms with Crippen LogP contribution < -0.4 is 4.90 Å². The fourth-order valence-corrected chi connectivity index (χ4v) is 4.58. The third-order valence-electron chi connectivity index (χ3n) is 5.79. The van der Waals surface area contributed by atoms with Gasteiger partial charge in [0.25, 0.3) is 0 Å². The molecule has 1 saturated heterocycles. The summed E-state index contributed by atoms with van der Waals surface area (Å²) >= 11 is 0. The molecule has 0 radical (unpaired) electrons. The van der Waals surface area contributed by atoms with Crippen LogP contribution in [0.4, 0.5) is 10.2 Å². The van der Waals surface area contributed by atoms with E-state index in [2.05, 4.69) is 36.9 Å². The van der Waals surface area contributed by atoms with E-state index in [1.165, 1.54) is 18.6 Å². The number of nitrogens with zero attached hydrogens (tertiary/aromatic N) is 4. The first-order valence-electron chi connectivity index (χ1n) is 10.5. The summed E-state index contributed by atoms with van der Waals surface area (Å²) in [6, 6.07) is 20.9. The minimum absolute atomic E-state index is 0.263. The van der Waals surface area contributed by atoms with E-state index in [0.717, 1.165) is 47.1 Å². The Balaban J connectivity index is 1.69. The van der Waals surface area contributed by atoms with Crippen molar-refractivity contribution in [1.29, 1.82) is 0 Å². The predicted molar refractivity (Wildman–Crippen MR) is 119 cm³/mol. The molecule has 1 fully saturated rings. The van der Waals surface area contributed by atoms with Crippen LogP contribution >= 0.6 is 0 Å². The Morgan fingerprint density at radius 2 is 1.57 bits per heavy atom. The molecule has 0 amide bonds. The van der Waals surface area contributed by atoms with Gasteiger partial charge >= 0.3 is 0 Å². The Hall–Kier alpha value is -3.21. The number of halogens is 1. The minimum Gasteiger partial charge on any atom is -0.356 e. The van der Waals surface area contributed by atoms with Gasteiger partial charge in [-0.05, 0) is 30.4 Å². The average molecular weight is 401 g/mol. The maximum atomic E-state index is 13.8. The molecule has 5 rings (SSSR count). The summed E-state index contributed by atoms with van der Waals surface area (Å²) in [4.78, 5) is 7.31. The van der Waals surface area contributed by atoms with Gasteiger partial charge in [-0.1, -0.05) is 56.3 Å². The number of rotatable bonds is 3. The van der Waals surface area contributed by atoms with Crippen LogP contribution in [0.2, 0.25) is 0 Å². The van der Waals surface area contributed by atoms with Crippen LogP contribution in [0.3, 0.4) is 0 Å². The Bertz CT molecular complexity index is 1170. The first-order valence-corrected chi connectivity index (χ1v) is 10.5. The van der Waals surface area contributed by atoms with Crippen molar-refractivity contribution in [2.24, 2.45) is 11.8 Å². The summed E-state index contributed by atoms with van der Waals surface area (Å²) in [6.45, 7) is 6.60. The van der Waals surface area contributed by atoms with Crippen molar-refractivity contribution in [3.8, 4) is 22.5 Å². The standard InChI is InChI=1S/C25H25FN4/c1-17-11-18(2)16-29(15-17)25-14-22(19-7-4-3-5-8-19)27-24-13-23(28-30(24)25)20-9-6-10-21(26)12-20/h3-10,12-14,17-18H,11,15-16H2,1-2H3/t17-,18-/m0/s1. The molecule has 0 saturated carbocycles. The van der Waals surface area contributed by atoms with E-state index >= 15 is 0 Å². The van der Waals surface area contributed by atoms with Gasteiger partial charge in [0.1, 0.15) is 11.6 Å². The zero-order valence-electron chi connectivity index (χ0n) is 17.3. The topological polar surface area (TPSA) is 33.4 Å². The second-order valence-corrected chi connectivity index (χ2v) is 8.53. The summed E-state index contributed by atoms with van der Waals surface area (Å²) in [5, 5.41) is 4.83. The van der Waals surface area contributed by atoms with Gasteiger partial charge in [0.15, 0.2) is 5.65 Å². The SMILES string of the molecule is C[C@H]1C[C@H](C)CN(c2cc(-c3ccccc3)nc3cc(-c4cccc(F)c4)nn23)C1. The molecule has 30 heavy (non-hydrogen) atoms. The molecule has 0 unspecified atom stereocenters. The molecule has 0 N–H and O–H groups in total. The third kappa shape index (κ3) is 3.56. The summed E-state index contributed by atoms with van der Waals surface area (Å²) in [5.74, 6) is 2.02. The number of hydrogen-bond donors (Lipinski definition) is 0. The molecular formula is C25H25FN4. The molecule has 3 heterocycles. The minimum atomic E-state index is -0.263. The quantitative estimate of drug-likeness (QED) is 0.443. The highest BCUT2D eigenvalue weighted by Gasteiger charge is 2.25. The molecular weight excluding hydrogens is 375 g/mol. The number of hydrogen-bond acceptors (Lipinski definition) is 3. The van der Waals surface area contributed by atoms with Gasteiger partial charge in [-0.2, -0.15) is 9.61 Å². The highest BCUT2D eigenvalue weighted by Crippen LogP contribution is 2.31. The second kappa shape index (κ2) is 7.56. The van der Waals surface area contributed by atoms with Crippen molar-refractivity contribution >= 4 is 11.5 Å². The summed E-state index contributed by atoms with van der Waals surface area (Å²) < 4.78 is 15.7. The van der Waals surface area contributed by atoms with Crippen LogP contribution in [0.25, 0.3) is 28.2 Å². The van der Waals surface area contributed by atoms with E-state index in [1.54, 1.807) is 6.07 Å². The lowest BCUT2D eigenvalue weighted by molar-refractivity contribution is 0.354. The number of piperidine rings is 1. The van der Waals surface area contributed by atoms with Gasteiger partial charge in [0, 0.05) is 36.3 Å². The van der Waals surface area contributed by atoms with Crippen LogP contribution in [0, 0.1) is 17.7 Å². The first-order chi connectivity index (χ1) is 14.6. The lowest BCUT2D eigenvalue weighted by atomic mass is 9.92. The molecule has 0 spiro atoms. The molecule has 152 valence electrons. The lowest BCUT2D eigenvalue weighted by Crippen LogP contribution is -2.39. The van der Waals surface area contributed by atoms with Crippen molar-refractivity contribution in [1.82, 2.24) is 14.6 Å². The fraction of sp³-hybridized carbons (Fsp3) is 0.280. The van der Waals surface area contributed by atoms with Crippen LogP contribution in [0.15, 0.2) is 66.7 Å². The maximum Gasteiger partial charge on any atom is 0.158 e. The smallest absolute Gasteiger partial charge is 0.158 e. The number of fused-ring (bicyclic) bond motifs is 1. The molecule has 5 heteroatoms. The average Bonchev–Trinajstić information content (AvgIpc) is 3.17. The second-order valence-electron chi connectivity index (χ2n) is 8.53. The van der Waals surface area contributed by atoms with Crippen LogP contribution in [0.1, 0.15) is 20.3 Å². The van der Waals surface area contributed by atoms with Gasteiger partial charge in [-0.3, -0.25) is 0 Å². The largest absolute Gasteiger partial charge is 0.356 e. The molecule has 4 aromatic rings. The van der Waals surface area contributed by atoms with Gasteiger partial charge in [0.2, 0.25) is 0 Å². The summed E-state index contributed by atoms with van der Waals surface area (Å²) in [5.41, 5.74) is 4.26. The van der Waals surface area contributed by atoms with Gasteiger partial charge in [0.05, 0.1) is 11.4 Å². The van der Waals surface area contributed by atoms with E-state index in [1.807, 2.05) is 34.8 Å². The number of anilines is 1. The Kier molecular flexibility index (Phi) is 4.74. The Morgan fingerprint density at radius 3 is 2.30 bits per heavy atom.